The molecule has 2 rings (SSSR count). The predicted molar refractivity (Wildman–Crippen MR) is 98.5 cm³/mol. The molecule has 0 aliphatic carbocycles. The van der Waals surface area contributed by atoms with Crippen LogP contribution in [0.2, 0.25) is 0 Å². The lowest BCUT2D eigenvalue weighted by Crippen LogP contribution is -2.25. The third-order valence-corrected chi connectivity index (χ3v) is 5.87. The highest BCUT2D eigenvalue weighted by Crippen LogP contribution is 2.30. The summed E-state index contributed by atoms with van der Waals surface area (Å²) in [6.45, 7) is 5.46. The highest BCUT2D eigenvalue weighted by molar-refractivity contribution is 7.91. The zero-order chi connectivity index (χ0) is 18.7. The van der Waals surface area contributed by atoms with Gasteiger partial charge in [-0.25, -0.2) is 8.42 Å². The van der Waals surface area contributed by atoms with Crippen LogP contribution in [0.3, 0.4) is 0 Å². The number of anilines is 1. The monoisotopic (exact) mass is 361 g/mol. The second-order valence-corrected chi connectivity index (χ2v) is 8.84. The smallest absolute Gasteiger partial charge is 0.225 e. The first-order chi connectivity index (χ1) is 11.7. The summed E-state index contributed by atoms with van der Waals surface area (Å²) in [7, 11) is -3.41. The first-order valence-corrected chi connectivity index (χ1v) is 9.72. The molecule has 134 valence electrons. The van der Waals surface area contributed by atoms with Gasteiger partial charge < -0.3 is 10.4 Å². The summed E-state index contributed by atoms with van der Waals surface area (Å²) in [6, 6.07) is 13.6. The number of carbonyl (C=O) groups is 1. The molecule has 0 unspecified atom stereocenters. The molecule has 0 heterocycles. The minimum Gasteiger partial charge on any atom is -0.506 e. The zero-order valence-electron chi connectivity index (χ0n) is 14.6. The Bertz CT molecular complexity index is 858. The van der Waals surface area contributed by atoms with E-state index in [0.717, 1.165) is 5.56 Å². The average Bonchev–Trinajstić information content (AvgIpc) is 2.57. The van der Waals surface area contributed by atoms with Gasteiger partial charge in [0.1, 0.15) is 5.75 Å². The lowest BCUT2D eigenvalue weighted by atomic mass is 9.81. The van der Waals surface area contributed by atoms with Crippen molar-refractivity contribution < 1.29 is 18.3 Å². The van der Waals surface area contributed by atoms with E-state index in [1.54, 1.807) is 6.92 Å². The fourth-order valence-electron chi connectivity index (χ4n) is 2.56. The van der Waals surface area contributed by atoms with Crippen molar-refractivity contribution in [3.8, 4) is 5.75 Å². The number of phenols is 1. The number of rotatable bonds is 6. The average molecular weight is 361 g/mol. The third kappa shape index (κ3) is 4.60. The summed E-state index contributed by atoms with van der Waals surface area (Å²) in [4.78, 5) is 12.5. The Morgan fingerprint density at radius 2 is 1.76 bits per heavy atom. The molecule has 0 saturated heterocycles. The SMILES string of the molecule is CCS(=O)(=O)c1ccc(O)c(NC(=O)CC(C)(C)c2ccccc2)c1. The van der Waals surface area contributed by atoms with Crippen molar-refractivity contribution in [3.63, 3.8) is 0 Å². The van der Waals surface area contributed by atoms with Gasteiger partial charge in [0.15, 0.2) is 9.84 Å². The Morgan fingerprint density at radius 1 is 1.12 bits per heavy atom. The van der Waals surface area contributed by atoms with Crippen molar-refractivity contribution in [1.29, 1.82) is 0 Å². The quantitative estimate of drug-likeness (QED) is 0.772. The fraction of sp³-hybridized carbons (Fsp3) is 0.316. The first kappa shape index (κ1) is 19.0. The van der Waals surface area contributed by atoms with E-state index < -0.39 is 15.3 Å². The summed E-state index contributed by atoms with van der Waals surface area (Å²) < 4.78 is 23.9. The molecule has 2 N–H and O–H groups in total. The molecule has 0 radical (unpaired) electrons. The van der Waals surface area contributed by atoms with Crippen molar-refractivity contribution >= 4 is 21.4 Å². The second-order valence-electron chi connectivity index (χ2n) is 6.56. The molecule has 5 nitrogen and oxygen atoms in total. The molecule has 25 heavy (non-hydrogen) atoms. The van der Waals surface area contributed by atoms with Gasteiger partial charge in [-0.3, -0.25) is 4.79 Å². The maximum absolute atomic E-state index is 12.4. The highest BCUT2D eigenvalue weighted by Gasteiger charge is 2.25. The van der Waals surface area contributed by atoms with E-state index in [1.165, 1.54) is 18.2 Å². The van der Waals surface area contributed by atoms with E-state index in [9.17, 15) is 18.3 Å². The Hall–Kier alpha value is -2.34. The summed E-state index contributed by atoms with van der Waals surface area (Å²) in [6.07, 6.45) is 0.196. The molecule has 0 bridgehead atoms. The van der Waals surface area contributed by atoms with Crippen LogP contribution >= 0.6 is 0 Å². The molecule has 0 spiro atoms. The maximum atomic E-state index is 12.4. The predicted octanol–water partition coefficient (Wildman–Crippen LogP) is 3.49. The lowest BCUT2D eigenvalue weighted by Gasteiger charge is -2.24. The van der Waals surface area contributed by atoms with Crippen molar-refractivity contribution in [2.75, 3.05) is 11.1 Å². The van der Waals surface area contributed by atoms with Gasteiger partial charge in [0, 0.05) is 6.42 Å². The Balaban J connectivity index is 2.19. The minimum atomic E-state index is -3.41. The largest absolute Gasteiger partial charge is 0.506 e. The Kier molecular flexibility index (Phi) is 5.52. The van der Waals surface area contributed by atoms with Gasteiger partial charge in [-0.15, -0.1) is 0 Å². The van der Waals surface area contributed by atoms with Gasteiger partial charge in [0.05, 0.1) is 16.3 Å². The van der Waals surface area contributed by atoms with E-state index >= 15 is 0 Å². The molecule has 0 fully saturated rings. The third-order valence-electron chi connectivity index (χ3n) is 4.14. The van der Waals surface area contributed by atoms with Crippen LogP contribution in [0.4, 0.5) is 5.69 Å². The topological polar surface area (TPSA) is 83.5 Å². The van der Waals surface area contributed by atoms with Crippen LogP contribution in [0.25, 0.3) is 0 Å². The van der Waals surface area contributed by atoms with Crippen LogP contribution in [0.1, 0.15) is 32.8 Å². The zero-order valence-corrected chi connectivity index (χ0v) is 15.4. The van der Waals surface area contributed by atoms with Gasteiger partial charge in [0.25, 0.3) is 0 Å². The number of hydrogen-bond donors (Lipinski definition) is 2. The van der Waals surface area contributed by atoms with E-state index in [2.05, 4.69) is 5.32 Å². The molecule has 6 heteroatoms. The number of nitrogens with one attached hydrogen (secondary N) is 1. The normalized spacial score (nSPS) is 12.0. The number of carbonyl (C=O) groups excluding carboxylic acids is 1. The molecule has 2 aromatic rings. The van der Waals surface area contributed by atoms with Gasteiger partial charge in [-0.1, -0.05) is 51.1 Å². The molecule has 2 aromatic carbocycles. The minimum absolute atomic E-state index is 0.0494. The number of hydrogen-bond acceptors (Lipinski definition) is 4. The molecular weight excluding hydrogens is 338 g/mol. The van der Waals surface area contributed by atoms with E-state index in [-0.39, 0.29) is 34.4 Å². The number of aromatic hydroxyl groups is 1. The van der Waals surface area contributed by atoms with Gasteiger partial charge in [-0.2, -0.15) is 0 Å². The first-order valence-electron chi connectivity index (χ1n) is 8.07. The summed E-state index contributed by atoms with van der Waals surface area (Å²) in [5.41, 5.74) is 0.730. The van der Waals surface area contributed by atoms with Crippen molar-refractivity contribution in [2.45, 2.75) is 37.5 Å². The van der Waals surface area contributed by atoms with Crippen LogP contribution in [0.15, 0.2) is 53.4 Å². The van der Waals surface area contributed by atoms with Crippen LogP contribution in [0.5, 0.6) is 5.75 Å². The summed E-state index contributed by atoms with van der Waals surface area (Å²) in [5, 5.41) is 12.5. The standard InChI is InChI=1S/C19H23NO4S/c1-4-25(23,24)15-10-11-17(21)16(12-15)20-18(22)13-19(2,3)14-8-6-5-7-9-14/h5-12,21H,4,13H2,1-3H3,(H,20,22). The Labute approximate surface area is 148 Å². The van der Waals surface area contributed by atoms with Crippen molar-refractivity contribution in [2.24, 2.45) is 0 Å². The molecule has 0 atom stereocenters. The van der Waals surface area contributed by atoms with Crippen LogP contribution in [-0.4, -0.2) is 25.2 Å². The van der Waals surface area contributed by atoms with Crippen LogP contribution in [-0.2, 0) is 20.0 Å². The van der Waals surface area contributed by atoms with Gasteiger partial charge in [0.2, 0.25) is 5.91 Å². The van der Waals surface area contributed by atoms with E-state index in [0.29, 0.717) is 0 Å². The number of phenolic OH excluding ortho intramolecular Hbond substituents is 1. The van der Waals surface area contributed by atoms with E-state index in [1.807, 2.05) is 44.2 Å². The molecule has 0 saturated carbocycles. The van der Waals surface area contributed by atoms with Gasteiger partial charge >= 0.3 is 0 Å². The maximum Gasteiger partial charge on any atom is 0.225 e. The number of sulfone groups is 1. The molecular formula is C19H23NO4S. The molecule has 0 aromatic heterocycles. The Morgan fingerprint density at radius 3 is 2.36 bits per heavy atom. The van der Waals surface area contributed by atoms with Crippen LogP contribution < -0.4 is 5.32 Å². The number of benzene rings is 2. The van der Waals surface area contributed by atoms with Crippen LogP contribution in [0, 0.1) is 0 Å². The lowest BCUT2D eigenvalue weighted by molar-refractivity contribution is -0.117. The van der Waals surface area contributed by atoms with E-state index in [4.69, 9.17) is 0 Å². The molecule has 0 aliphatic heterocycles. The molecule has 1 amide bonds. The summed E-state index contributed by atoms with van der Waals surface area (Å²) in [5.74, 6) is -0.511. The highest BCUT2D eigenvalue weighted by atomic mass is 32.2. The fourth-order valence-corrected chi connectivity index (χ4v) is 3.47. The van der Waals surface area contributed by atoms with Gasteiger partial charge in [-0.05, 0) is 29.2 Å². The molecule has 0 aliphatic rings. The van der Waals surface area contributed by atoms with Crippen molar-refractivity contribution in [3.05, 3.63) is 54.1 Å². The number of amides is 1. The summed E-state index contributed by atoms with van der Waals surface area (Å²) >= 11 is 0. The second kappa shape index (κ2) is 7.27. The van der Waals surface area contributed by atoms with Crippen molar-refractivity contribution in [1.82, 2.24) is 0 Å².